The number of hydrogen-bond acceptors (Lipinski definition) is 8. The number of halogens is 1. The van der Waals surface area contributed by atoms with Gasteiger partial charge in [0.1, 0.15) is 17.7 Å². The SMILES string of the molecule is O=C1N[C@]2(C(=O)NOc3ccccc3)C[C@H]2C=CCCCCC[C@H](NCc2ccccc2)C(=O)N2C[C@H](Oc3nc4ccc(Br)cc4s3)C[C@@H]12. The molecule has 12 heteroatoms. The second-order valence-electron chi connectivity index (χ2n) is 13.2. The number of thiazole rings is 1. The molecule has 1 saturated carbocycles. The van der Waals surface area contributed by atoms with Crippen molar-refractivity contribution in [3.05, 3.63) is 101 Å². The molecule has 0 radical (unpaired) electrons. The number of carbonyl (C=O) groups excluding carboxylic acids is 3. The van der Waals surface area contributed by atoms with Crippen molar-refractivity contribution in [3.8, 4) is 10.9 Å². The van der Waals surface area contributed by atoms with Gasteiger partial charge in [0.15, 0.2) is 5.75 Å². The Morgan fingerprint density at radius 1 is 1.04 bits per heavy atom. The van der Waals surface area contributed by atoms with Crippen molar-refractivity contribution in [1.82, 2.24) is 26.0 Å². The maximum absolute atomic E-state index is 14.5. The van der Waals surface area contributed by atoms with E-state index in [0.29, 0.717) is 30.3 Å². The Morgan fingerprint density at radius 2 is 1.84 bits per heavy atom. The highest BCUT2D eigenvalue weighted by Gasteiger charge is 2.61. The molecule has 50 heavy (non-hydrogen) atoms. The Kier molecular flexibility index (Phi) is 10.5. The van der Waals surface area contributed by atoms with Crippen molar-refractivity contribution < 1.29 is 24.0 Å². The minimum atomic E-state index is -1.19. The Balaban J connectivity index is 1.14. The molecule has 7 rings (SSSR count). The predicted molar refractivity (Wildman–Crippen MR) is 195 cm³/mol. The number of nitrogens with one attached hydrogen (secondary N) is 3. The van der Waals surface area contributed by atoms with Crippen LogP contribution in [0.2, 0.25) is 0 Å². The summed E-state index contributed by atoms with van der Waals surface area (Å²) >= 11 is 4.94. The average Bonchev–Trinajstić information content (AvgIpc) is 3.43. The van der Waals surface area contributed by atoms with Gasteiger partial charge in [0.2, 0.25) is 11.8 Å². The van der Waals surface area contributed by atoms with Crippen molar-refractivity contribution in [1.29, 1.82) is 0 Å². The number of fused-ring (bicyclic) bond motifs is 3. The maximum atomic E-state index is 14.5. The molecule has 3 amide bonds. The van der Waals surface area contributed by atoms with Crippen LogP contribution in [0.5, 0.6) is 10.9 Å². The fraction of sp³-hybridized carbons (Fsp3) is 0.368. The van der Waals surface area contributed by atoms with Crippen molar-refractivity contribution in [2.45, 2.75) is 75.2 Å². The van der Waals surface area contributed by atoms with Crippen LogP contribution >= 0.6 is 27.3 Å². The van der Waals surface area contributed by atoms with Crippen molar-refractivity contribution in [2.75, 3.05) is 6.54 Å². The number of rotatable bonds is 8. The van der Waals surface area contributed by atoms with E-state index in [1.807, 2.05) is 72.8 Å². The second-order valence-corrected chi connectivity index (χ2v) is 15.1. The van der Waals surface area contributed by atoms with Crippen LogP contribution in [-0.2, 0) is 20.9 Å². The van der Waals surface area contributed by atoms with Crippen LogP contribution in [0.25, 0.3) is 10.2 Å². The summed E-state index contributed by atoms with van der Waals surface area (Å²) in [6, 6.07) is 23.5. The first-order chi connectivity index (χ1) is 24.4. The topological polar surface area (TPSA) is 122 Å². The summed E-state index contributed by atoms with van der Waals surface area (Å²) < 4.78 is 8.31. The number of hydroxylamine groups is 1. The van der Waals surface area contributed by atoms with Crippen LogP contribution in [0.15, 0.2) is 95.5 Å². The number of carbonyl (C=O) groups is 3. The second kappa shape index (κ2) is 15.3. The molecule has 10 nitrogen and oxygen atoms in total. The van der Waals surface area contributed by atoms with E-state index in [4.69, 9.17) is 9.57 Å². The molecule has 0 bridgehead atoms. The Morgan fingerprint density at radius 3 is 2.66 bits per heavy atom. The molecule has 3 aromatic carbocycles. The number of hydrogen-bond donors (Lipinski definition) is 3. The highest BCUT2D eigenvalue weighted by Crippen LogP contribution is 2.45. The number of amides is 3. The van der Waals surface area contributed by atoms with Crippen LogP contribution in [0.1, 0.15) is 50.5 Å². The number of para-hydroxylation sites is 1. The van der Waals surface area contributed by atoms with Gasteiger partial charge in [-0.05, 0) is 61.6 Å². The summed E-state index contributed by atoms with van der Waals surface area (Å²) in [5.41, 5.74) is 3.27. The van der Waals surface area contributed by atoms with Gasteiger partial charge in [0.25, 0.3) is 11.1 Å². The van der Waals surface area contributed by atoms with Gasteiger partial charge in [-0.15, -0.1) is 0 Å². The third-order valence-corrected chi connectivity index (χ3v) is 11.0. The van der Waals surface area contributed by atoms with Gasteiger partial charge in [-0.1, -0.05) is 101 Å². The zero-order valence-corrected chi connectivity index (χ0v) is 30.0. The number of aromatic nitrogens is 1. The highest BCUT2D eigenvalue weighted by molar-refractivity contribution is 9.10. The Bertz CT molecular complexity index is 1860. The molecular formula is C38H40BrN5O5S. The van der Waals surface area contributed by atoms with E-state index in [1.54, 1.807) is 17.0 Å². The van der Waals surface area contributed by atoms with Crippen LogP contribution in [0, 0.1) is 5.92 Å². The summed E-state index contributed by atoms with van der Waals surface area (Å²) in [7, 11) is 0. The molecular weight excluding hydrogens is 718 g/mol. The van der Waals surface area contributed by atoms with Crippen molar-refractivity contribution in [3.63, 3.8) is 0 Å². The van der Waals surface area contributed by atoms with Crippen LogP contribution in [0.3, 0.4) is 0 Å². The fourth-order valence-corrected chi connectivity index (χ4v) is 8.25. The monoisotopic (exact) mass is 757 g/mol. The maximum Gasteiger partial charge on any atom is 0.278 e. The summed E-state index contributed by atoms with van der Waals surface area (Å²) in [4.78, 5) is 54.4. The number of nitrogens with zero attached hydrogens (tertiary/aromatic N) is 2. The Hall–Kier alpha value is -4.26. The van der Waals surface area contributed by atoms with E-state index in [2.05, 4.69) is 43.1 Å². The quantitative estimate of drug-likeness (QED) is 0.147. The van der Waals surface area contributed by atoms with Crippen LogP contribution < -0.4 is 25.7 Å². The highest BCUT2D eigenvalue weighted by atomic mass is 79.9. The lowest BCUT2D eigenvalue weighted by molar-refractivity contribution is -0.142. The van der Waals surface area contributed by atoms with E-state index in [9.17, 15) is 14.4 Å². The lowest BCUT2D eigenvalue weighted by Crippen LogP contribution is -2.57. The molecule has 4 aromatic rings. The van der Waals surface area contributed by atoms with E-state index in [1.165, 1.54) is 11.3 Å². The molecule has 2 aliphatic heterocycles. The average molecular weight is 759 g/mol. The molecule has 3 aliphatic rings. The summed E-state index contributed by atoms with van der Waals surface area (Å²) in [6.45, 7) is 0.748. The van der Waals surface area contributed by atoms with Gasteiger partial charge < -0.3 is 25.1 Å². The molecule has 1 aromatic heterocycles. The lowest BCUT2D eigenvalue weighted by Gasteiger charge is -2.30. The van der Waals surface area contributed by atoms with E-state index in [-0.39, 0.29) is 30.7 Å². The molecule has 0 unspecified atom stereocenters. The lowest BCUT2D eigenvalue weighted by atomic mass is 10.0. The molecule has 0 spiro atoms. The third kappa shape index (κ3) is 7.87. The van der Waals surface area contributed by atoms with E-state index < -0.39 is 29.6 Å². The minimum Gasteiger partial charge on any atom is -0.465 e. The van der Waals surface area contributed by atoms with Crippen molar-refractivity contribution >= 4 is 55.2 Å². The Labute approximate surface area is 303 Å². The molecule has 2 fully saturated rings. The van der Waals surface area contributed by atoms with Gasteiger partial charge in [-0.25, -0.2) is 4.98 Å². The number of allylic oxidation sites excluding steroid dienone is 1. The standard InChI is InChI=1S/C38H40BrN5O5S/c39-27-18-19-30-33(20-27)50-37(41-30)48-29-21-32-34(45)42-38(36(47)43-49-28-15-9-5-10-16-28)22-26(38)14-8-2-1-3-11-17-31(35(46)44(32)24-29)40-23-25-12-6-4-7-13-25/h4-10,12-16,18-20,26,29,31-32,40H,1-3,11,17,21-24H2,(H,42,45)(H,43,47)/t26-,29-,31+,32+,38-/m1/s1. The van der Waals surface area contributed by atoms with Gasteiger partial charge in [-0.2, -0.15) is 5.48 Å². The largest absolute Gasteiger partial charge is 0.465 e. The summed E-state index contributed by atoms with van der Waals surface area (Å²) in [5, 5.41) is 7.06. The molecule has 3 N–H and O–H groups in total. The van der Waals surface area contributed by atoms with Gasteiger partial charge in [0, 0.05) is 23.4 Å². The third-order valence-electron chi connectivity index (χ3n) is 9.64. The fourth-order valence-electron chi connectivity index (χ4n) is 6.81. The van der Waals surface area contributed by atoms with E-state index >= 15 is 0 Å². The first-order valence-electron chi connectivity index (χ1n) is 17.2. The molecule has 5 atom stereocenters. The van der Waals surface area contributed by atoms with Crippen LogP contribution in [-0.4, -0.2) is 57.9 Å². The zero-order chi connectivity index (χ0) is 34.5. The van der Waals surface area contributed by atoms with Crippen molar-refractivity contribution in [2.24, 2.45) is 5.92 Å². The normalized spacial score (nSPS) is 25.5. The predicted octanol–water partition coefficient (Wildman–Crippen LogP) is 6.07. The molecule has 3 heterocycles. The number of ether oxygens (including phenoxy) is 1. The first kappa shape index (κ1) is 34.2. The molecule has 260 valence electrons. The zero-order valence-electron chi connectivity index (χ0n) is 27.6. The van der Waals surface area contributed by atoms with Gasteiger partial charge >= 0.3 is 0 Å². The summed E-state index contributed by atoms with van der Waals surface area (Å²) in [5.74, 6) is -0.680. The summed E-state index contributed by atoms with van der Waals surface area (Å²) in [6.07, 6.45) is 8.65. The molecule has 1 aliphatic carbocycles. The van der Waals surface area contributed by atoms with Gasteiger partial charge in [-0.3, -0.25) is 14.4 Å². The van der Waals surface area contributed by atoms with Crippen LogP contribution in [0.4, 0.5) is 0 Å². The van der Waals surface area contributed by atoms with E-state index in [0.717, 1.165) is 45.9 Å². The first-order valence-corrected chi connectivity index (χ1v) is 18.8. The minimum absolute atomic E-state index is 0.147. The molecule has 1 saturated heterocycles. The smallest absolute Gasteiger partial charge is 0.278 e. The number of benzene rings is 3. The van der Waals surface area contributed by atoms with Gasteiger partial charge in [0.05, 0.1) is 22.8 Å².